The van der Waals surface area contributed by atoms with Gasteiger partial charge in [-0.15, -0.1) is 0 Å². The summed E-state index contributed by atoms with van der Waals surface area (Å²) in [5.74, 6) is 0. The SMILES string of the molecule is [Cl-].[Cl-].c1ccc([Si](c2ccccc2)=[Ti+2]([c]2cccc3c2Cc2ccccc2-3)[c]2cccc3c2Cc2ccccc2-3)cc1. The summed E-state index contributed by atoms with van der Waals surface area (Å²) in [5, 5.41) is 3.07. The molecular formula is C38H28Cl2SiTi. The Morgan fingerprint density at radius 2 is 0.762 bits per heavy atom. The molecule has 4 heteroatoms. The molecule has 6 aromatic rings. The van der Waals surface area contributed by atoms with Crippen LogP contribution in [0.5, 0.6) is 0 Å². The van der Waals surface area contributed by atoms with Crippen LogP contribution in [0.1, 0.15) is 22.3 Å². The van der Waals surface area contributed by atoms with E-state index in [0.717, 1.165) is 12.8 Å². The molecule has 6 aromatic carbocycles. The molecule has 0 heterocycles. The second-order valence-electron chi connectivity index (χ2n) is 10.8. The van der Waals surface area contributed by atoms with Crippen LogP contribution in [-0.4, -0.2) is 6.19 Å². The van der Waals surface area contributed by atoms with Crippen molar-refractivity contribution >= 4 is 24.3 Å². The molecule has 42 heavy (non-hydrogen) atoms. The Morgan fingerprint density at radius 3 is 1.21 bits per heavy atom. The Balaban J connectivity index is 0.00000158. The summed E-state index contributed by atoms with van der Waals surface area (Å²) < 4.78 is 3.33. The first kappa shape index (κ1) is 28.9. The standard InChI is InChI=1S/2C13H9.C12H10Si.2ClH.Ti/c2*1-3-7-12-10(5-1)9-11-6-2-4-8-13(11)12;1-3-7-11(8-4-1)13-12-9-5-2-6-10-12;;;/h2*1-5,7-8H,9H2;1-10H;2*1H;/q;;;;;+2/p-2. The number of rotatable bonds is 4. The van der Waals surface area contributed by atoms with Crippen molar-refractivity contribution in [2.24, 2.45) is 0 Å². The van der Waals surface area contributed by atoms with Crippen LogP contribution in [-0.2, 0) is 29.4 Å². The molecule has 0 nitrogen and oxygen atoms in total. The van der Waals surface area contributed by atoms with Gasteiger partial charge in [0.1, 0.15) is 0 Å². The van der Waals surface area contributed by atoms with Gasteiger partial charge in [-0.3, -0.25) is 0 Å². The number of hydrogen-bond donors (Lipinski definition) is 0. The number of hydrogen-bond acceptors (Lipinski definition) is 0. The zero-order chi connectivity index (χ0) is 26.5. The zero-order valence-electron chi connectivity index (χ0n) is 23.0. The van der Waals surface area contributed by atoms with Crippen LogP contribution >= 0.6 is 0 Å². The van der Waals surface area contributed by atoms with Crippen molar-refractivity contribution in [1.29, 1.82) is 0 Å². The van der Waals surface area contributed by atoms with Crippen LogP contribution < -0.4 is 42.9 Å². The second kappa shape index (κ2) is 12.2. The van der Waals surface area contributed by atoms with Crippen molar-refractivity contribution in [3.63, 3.8) is 0 Å². The van der Waals surface area contributed by atoms with E-state index in [1.807, 2.05) is 0 Å². The fraction of sp³-hybridized carbons (Fsp3) is 0.0526. The van der Waals surface area contributed by atoms with Crippen molar-refractivity contribution < 1.29 is 41.4 Å². The van der Waals surface area contributed by atoms with Crippen molar-refractivity contribution in [2.45, 2.75) is 12.8 Å². The fourth-order valence-corrected chi connectivity index (χ4v) is 21.0. The van der Waals surface area contributed by atoms with E-state index >= 15 is 0 Å². The summed E-state index contributed by atoms with van der Waals surface area (Å²) in [6, 6.07) is 55.5. The van der Waals surface area contributed by atoms with Gasteiger partial charge in [0.05, 0.1) is 0 Å². The van der Waals surface area contributed by atoms with E-state index < -0.39 is 22.8 Å². The topological polar surface area (TPSA) is 0 Å². The summed E-state index contributed by atoms with van der Waals surface area (Å²) in [7, 11) is 0. The molecule has 0 spiro atoms. The monoisotopic (exact) mass is 630 g/mol. The Kier molecular flexibility index (Phi) is 8.41. The van der Waals surface area contributed by atoms with Crippen molar-refractivity contribution in [3.05, 3.63) is 168 Å². The van der Waals surface area contributed by atoms with Crippen molar-refractivity contribution in [1.82, 2.24) is 0 Å². The molecule has 0 aromatic heterocycles. The van der Waals surface area contributed by atoms with Gasteiger partial charge in [-0.25, -0.2) is 0 Å². The molecule has 0 bridgehead atoms. The van der Waals surface area contributed by atoms with E-state index in [4.69, 9.17) is 0 Å². The molecule has 202 valence electrons. The third kappa shape index (κ3) is 4.84. The number of fused-ring (bicyclic) bond motifs is 6. The predicted molar refractivity (Wildman–Crippen MR) is 167 cm³/mol. The minimum atomic E-state index is -2.18. The van der Waals surface area contributed by atoms with E-state index in [0.29, 0.717) is 0 Å². The van der Waals surface area contributed by atoms with Crippen LogP contribution in [0.3, 0.4) is 0 Å². The molecule has 0 aliphatic heterocycles. The summed E-state index contributed by atoms with van der Waals surface area (Å²) in [6.45, 7) is 0. The maximum absolute atomic E-state index is 2.51. The number of benzene rings is 6. The van der Waals surface area contributed by atoms with Gasteiger partial charge in [0.2, 0.25) is 0 Å². The van der Waals surface area contributed by atoms with E-state index in [1.54, 1.807) is 18.9 Å². The van der Waals surface area contributed by atoms with E-state index in [2.05, 4.69) is 146 Å². The van der Waals surface area contributed by atoms with Gasteiger partial charge in [-0.2, -0.15) is 0 Å². The van der Waals surface area contributed by atoms with E-state index in [1.165, 1.54) is 43.8 Å². The van der Waals surface area contributed by atoms with Gasteiger partial charge in [0.15, 0.2) is 0 Å². The van der Waals surface area contributed by atoms with Gasteiger partial charge in [-0.05, 0) is 0 Å². The normalized spacial score (nSPS) is 11.5. The second-order valence-corrected chi connectivity index (χ2v) is 20.0. The first-order valence-corrected chi connectivity index (χ1v) is 19.5. The Bertz CT molecular complexity index is 1810. The average Bonchev–Trinajstić information content (AvgIpc) is 3.60. The van der Waals surface area contributed by atoms with Gasteiger partial charge < -0.3 is 24.8 Å². The molecule has 0 fully saturated rings. The summed E-state index contributed by atoms with van der Waals surface area (Å²) in [5.41, 5.74) is 11.9. The van der Waals surface area contributed by atoms with Gasteiger partial charge in [0.25, 0.3) is 0 Å². The molecule has 0 saturated heterocycles. The third-order valence-electron chi connectivity index (χ3n) is 8.62. The van der Waals surface area contributed by atoms with Crippen LogP contribution in [0.25, 0.3) is 22.3 Å². The Hall–Kier alpha value is -3.17. The van der Waals surface area contributed by atoms with E-state index in [-0.39, 0.29) is 24.8 Å². The fourth-order valence-electron chi connectivity index (χ4n) is 6.86. The van der Waals surface area contributed by atoms with E-state index in [9.17, 15) is 0 Å². The summed E-state index contributed by atoms with van der Waals surface area (Å²) in [4.78, 5) is 0. The molecule has 0 N–H and O–H groups in total. The molecule has 0 atom stereocenters. The van der Waals surface area contributed by atoms with Gasteiger partial charge in [0, 0.05) is 0 Å². The Morgan fingerprint density at radius 1 is 0.381 bits per heavy atom. The van der Waals surface area contributed by atoms with Crippen LogP contribution in [0, 0.1) is 0 Å². The summed E-state index contributed by atoms with van der Waals surface area (Å²) in [6.07, 6.45) is 1.00. The van der Waals surface area contributed by atoms with Crippen LogP contribution in [0.15, 0.2) is 146 Å². The average molecular weight is 632 g/mol. The van der Waals surface area contributed by atoms with Crippen molar-refractivity contribution in [3.8, 4) is 22.3 Å². The first-order chi connectivity index (χ1) is 19.9. The van der Waals surface area contributed by atoms with Crippen LogP contribution in [0.2, 0.25) is 0 Å². The molecule has 0 radical (unpaired) electrons. The molecule has 0 amide bonds. The third-order valence-corrected chi connectivity index (χ3v) is 21.3. The van der Waals surface area contributed by atoms with Gasteiger partial charge in [-0.1, -0.05) is 0 Å². The predicted octanol–water partition coefficient (Wildman–Crippen LogP) is 0.212. The molecular weight excluding hydrogens is 603 g/mol. The van der Waals surface area contributed by atoms with Crippen molar-refractivity contribution in [2.75, 3.05) is 0 Å². The Labute approximate surface area is 266 Å². The van der Waals surface area contributed by atoms with Crippen LogP contribution in [0.4, 0.5) is 0 Å². The maximum atomic E-state index is 2.51. The van der Waals surface area contributed by atoms with Gasteiger partial charge >= 0.3 is 244 Å². The molecule has 2 aliphatic carbocycles. The molecule has 0 unspecified atom stereocenters. The molecule has 8 rings (SSSR count). The molecule has 0 saturated carbocycles. The quantitative estimate of drug-likeness (QED) is 0.244. The first-order valence-electron chi connectivity index (χ1n) is 14.1. The summed E-state index contributed by atoms with van der Waals surface area (Å²) >= 11 is -2.18. The molecule has 2 aliphatic rings. The minimum absolute atomic E-state index is 0. The zero-order valence-corrected chi connectivity index (χ0v) is 27.1. The number of halogens is 2.